The lowest BCUT2D eigenvalue weighted by Crippen LogP contribution is -2.30. The van der Waals surface area contributed by atoms with Gasteiger partial charge >= 0.3 is 39.5 Å². The molecule has 19 heteroatoms. The van der Waals surface area contributed by atoms with Crippen molar-refractivity contribution in [1.82, 2.24) is 0 Å². The van der Waals surface area contributed by atoms with Crippen LogP contribution in [0.1, 0.15) is 427 Å². The Hall–Kier alpha value is -1.94. The normalized spacial score (nSPS) is 13.9. The molecule has 0 amide bonds. The van der Waals surface area contributed by atoms with E-state index in [0.717, 1.165) is 108 Å². The van der Waals surface area contributed by atoms with Gasteiger partial charge in [-0.2, -0.15) is 0 Å². The van der Waals surface area contributed by atoms with Crippen LogP contribution in [0.2, 0.25) is 0 Å². The highest BCUT2D eigenvalue weighted by molar-refractivity contribution is 7.47. The molecular weight excluding hydrogens is 1310 g/mol. The number of rotatable bonds is 80. The van der Waals surface area contributed by atoms with Crippen LogP contribution in [-0.2, 0) is 65.4 Å². The highest BCUT2D eigenvalue weighted by Crippen LogP contribution is 2.45. The van der Waals surface area contributed by atoms with Crippen molar-refractivity contribution in [3.05, 3.63) is 0 Å². The molecule has 0 bridgehead atoms. The number of ether oxygens (including phenoxy) is 4. The van der Waals surface area contributed by atoms with Gasteiger partial charge in [-0.05, 0) is 37.5 Å². The van der Waals surface area contributed by atoms with Crippen molar-refractivity contribution in [3.63, 3.8) is 0 Å². The molecule has 0 aromatic rings. The molecule has 0 aliphatic carbocycles. The molecule has 594 valence electrons. The van der Waals surface area contributed by atoms with E-state index in [1.165, 1.54) is 238 Å². The van der Waals surface area contributed by atoms with E-state index in [1.807, 2.05) is 0 Å². The quantitative estimate of drug-likeness (QED) is 0.0222. The summed E-state index contributed by atoms with van der Waals surface area (Å²) >= 11 is 0. The molecule has 100 heavy (non-hydrogen) atoms. The Labute approximate surface area is 613 Å². The van der Waals surface area contributed by atoms with E-state index in [0.29, 0.717) is 25.7 Å². The first-order chi connectivity index (χ1) is 48.4. The zero-order valence-corrected chi connectivity index (χ0v) is 67.3. The Morgan fingerprint density at radius 3 is 0.680 bits per heavy atom. The lowest BCUT2D eigenvalue weighted by atomic mass is 10.0. The number of esters is 4. The number of phosphoric ester groups is 2. The molecule has 0 saturated heterocycles. The summed E-state index contributed by atoms with van der Waals surface area (Å²) in [7, 11) is -9.91. The minimum atomic E-state index is -4.96. The smallest absolute Gasteiger partial charge is 0.462 e. The SMILES string of the molecule is CCCCCCCCCCCCCCCCCCCCCCCC(=O)O[C@H](COC(=O)CCCCCCCCCCCCCCCCCCC(C)C)COP(=O)(O)OC[C@@H](O)COP(=O)(O)OC[C@@H](COC(=O)CCCCCCC)OC(=O)CCCCCCCCCCCCCCC(C)C. The molecule has 0 radical (unpaired) electrons. The predicted molar refractivity (Wildman–Crippen MR) is 409 cm³/mol. The van der Waals surface area contributed by atoms with E-state index >= 15 is 0 Å². The van der Waals surface area contributed by atoms with Crippen molar-refractivity contribution in [2.75, 3.05) is 39.6 Å². The van der Waals surface area contributed by atoms with Gasteiger partial charge in [-0.15, -0.1) is 0 Å². The Morgan fingerprint density at radius 2 is 0.460 bits per heavy atom. The van der Waals surface area contributed by atoms with Crippen LogP contribution >= 0.6 is 15.6 Å². The van der Waals surface area contributed by atoms with E-state index in [9.17, 15) is 43.2 Å². The van der Waals surface area contributed by atoms with E-state index in [-0.39, 0.29) is 25.7 Å². The summed E-state index contributed by atoms with van der Waals surface area (Å²) in [6.45, 7) is 9.58. The highest BCUT2D eigenvalue weighted by Gasteiger charge is 2.30. The van der Waals surface area contributed by atoms with E-state index in [2.05, 4.69) is 41.5 Å². The number of aliphatic hydroxyl groups excluding tert-OH is 1. The average Bonchev–Trinajstić information content (AvgIpc) is 1.69. The zero-order valence-electron chi connectivity index (χ0n) is 65.5. The minimum Gasteiger partial charge on any atom is -0.462 e. The molecule has 0 aromatic heterocycles. The number of carbonyl (C=O) groups excluding carboxylic acids is 4. The van der Waals surface area contributed by atoms with Crippen molar-refractivity contribution >= 4 is 39.5 Å². The Morgan fingerprint density at radius 1 is 0.270 bits per heavy atom. The number of carbonyl (C=O) groups is 4. The van der Waals surface area contributed by atoms with E-state index < -0.39 is 97.5 Å². The summed E-state index contributed by atoms with van der Waals surface area (Å²) in [6, 6.07) is 0. The van der Waals surface area contributed by atoms with Gasteiger partial charge in [0.05, 0.1) is 26.4 Å². The summed E-state index contributed by atoms with van der Waals surface area (Å²) in [5.41, 5.74) is 0. The fourth-order valence-corrected chi connectivity index (χ4v) is 14.1. The monoisotopic (exact) mass is 1470 g/mol. The summed E-state index contributed by atoms with van der Waals surface area (Å²) in [5, 5.41) is 10.6. The molecule has 0 aliphatic rings. The van der Waals surface area contributed by atoms with Crippen LogP contribution < -0.4 is 0 Å². The van der Waals surface area contributed by atoms with Crippen LogP contribution in [0.5, 0.6) is 0 Å². The fourth-order valence-electron chi connectivity index (χ4n) is 12.5. The van der Waals surface area contributed by atoms with Crippen molar-refractivity contribution in [2.24, 2.45) is 11.8 Å². The maximum atomic E-state index is 13.1. The largest absolute Gasteiger partial charge is 0.472 e. The van der Waals surface area contributed by atoms with Crippen molar-refractivity contribution in [3.8, 4) is 0 Å². The molecule has 0 aliphatic heterocycles. The maximum Gasteiger partial charge on any atom is 0.472 e. The second-order valence-corrected chi connectivity index (χ2v) is 33.0. The van der Waals surface area contributed by atoms with Crippen LogP contribution in [0.4, 0.5) is 0 Å². The third kappa shape index (κ3) is 74.3. The number of hydrogen-bond donors (Lipinski definition) is 3. The number of phosphoric acid groups is 2. The molecule has 17 nitrogen and oxygen atoms in total. The maximum absolute atomic E-state index is 13.1. The van der Waals surface area contributed by atoms with Gasteiger partial charge in [0.1, 0.15) is 19.3 Å². The highest BCUT2D eigenvalue weighted by atomic mass is 31.2. The second kappa shape index (κ2) is 72.6. The Kier molecular flexibility index (Phi) is 71.2. The minimum absolute atomic E-state index is 0.106. The van der Waals surface area contributed by atoms with Gasteiger partial charge in [0.25, 0.3) is 0 Å². The standard InChI is InChI=1S/C81H158O17P2/c1-7-9-11-13-14-15-16-17-18-19-20-21-22-23-28-31-37-42-47-53-59-66-81(86)98-77(70-92-79(84)64-58-52-46-41-36-30-27-25-24-26-29-34-39-44-50-55-61-73(3)4)72-96-100(89,90)94-68-75(82)67-93-99(87,88)95-71-76(69-91-78(83)63-57-49-12-10-8-2)97-80(85)65-60-54-48-43-38-33-32-35-40-45-51-56-62-74(5)6/h73-77,82H,7-72H2,1-6H3,(H,87,88)(H,89,90)/t75-,76+,77+/m0/s1. The molecule has 0 aromatic carbocycles. The van der Waals surface area contributed by atoms with Crippen LogP contribution in [0, 0.1) is 11.8 Å². The number of aliphatic hydroxyl groups is 1. The third-order valence-corrected chi connectivity index (χ3v) is 20.9. The van der Waals surface area contributed by atoms with E-state index in [1.54, 1.807) is 0 Å². The summed E-state index contributed by atoms with van der Waals surface area (Å²) in [6.07, 6.45) is 63.0. The van der Waals surface area contributed by atoms with Gasteiger partial charge in [-0.25, -0.2) is 9.13 Å². The van der Waals surface area contributed by atoms with E-state index in [4.69, 9.17) is 37.0 Å². The molecule has 3 N–H and O–H groups in total. The van der Waals surface area contributed by atoms with Crippen LogP contribution in [0.15, 0.2) is 0 Å². The van der Waals surface area contributed by atoms with Gasteiger partial charge in [-0.3, -0.25) is 37.3 Å². The predicted octanol–water partition coefficient (Wildman–Crippen LogP) is 24.3. The van der Waals surface area contributed by atoms with Gasteiger partial charge in [-0.1, -0.05) is 375 Å². The molecule has 2 unspecified atom stereocenters. The molecule has 0 saturated carbocycles. The summed E-state index contributed by atoms with van der Waals surface area (Å²) in [4.78, 5) is 72.7. The molecule has 0 spiro atoms. The first kappa shape index (κ1) is 98.1. The van der Waals surface area contributed by atoms with Crippen LogP contribution in [0.25, 0.3) is 0 Å². The number of hydrogen-bond acceptors (Lipinski definition) is 15. The van der Waals surface area contributed by atoms with Crippen LogP contribution in [0.3, 0.4) is 0 Å². The molecule has 0 fully saturated rings. The average molecular weight is 1470 g/mol. The molecule has 0 rings (SSSR count). The molecular formula is C81H158O17P2. The Balaban J connectivity index is 5.12. The summed E-state index contributed by atoms with van der Waals surface area (Å²) in [5.74, 6) is -0.531. The van der Waals surface area contributed by atoms with Gasteiger partial charge in [0, 0.05) is 25.7 Å². The number of unbranched alkanes of at least 4 members (excludes halogenated alkanes) is 50. The Bertz CT molecular complexity index is 1920. The van der Waals surface area contributed by atoms with Crippen molar-refractivity contribution in [1.29, 1.82) is 0 Å². The first-order valence-corrected chi connectivity index (χ1v) is 45.0. The van der Waals surface area contributed by atoms with Gasteiger partial charge in [0.2, 0.25) is 0 Å². The first-order valence-electron chi connectivity index (χ1n) is 42.0. The summed E-state index contributed by atoms with van der Waals surface area (Å²) < 4.78 is 68.5. The lowest BCUT2D eigenvalue weighted by molar-refractivity contribution is -0.161. The van der Waals surface area contributed by atoms with Crippen molar-refractivity contribution < 1.29 is 80.2 Å². The molecule has 0 heterocycles. The molecule has 5 atom stereocenters. The topological polar surface area (TPSA) is 237 Å². The fraction of sp³-hybridized carbons (Fsp3) is 0.951. The zero-order chi connectivity index (χ0) is 73.5. The third-order valence-electron chi connectivity index (χ3n) is 19.0. The van der Waals surface area contributed by atoms with Crippen LogP contribution in [-0.4, -0.2) is 96.7 Å². The van der Waals surface area contributed by atoms with Gasteiger partial charge in [0.15, 0.2) is 12.2 Å². The van der Waals surface area contributed by atoms with Gasteiger partial charge < -0.3 is 33.8 Å². The van der Waals surface area contributed by atoms with Crippen molar-refractivity contribution in [2.45, 2.75) is 445 Å². The lowest BCUT2D eigenvalue weighted by Gasteiger charge is -2.21. The second-order valence-electron chi connectivity index (χ2n) is 30.1.